The monoisotopic (exact) mass is 389 g/mol. The van der Waals surface area contributed by atoms with E-state index >= 15 is 0 Å². The molecule has 3 aromatic rings. The molecule has 27 heavy (non-hydrogen) atoms. The molecule has 0 bridgehead atoms. The zero-order chi connectivity index (χ0) is 19.6. The van der Waals surface area contributed by atoms with Crippen molar-refractivity contribution >= 4 is 27.0 Å². The van der Waals surface area contributed by atoms with Crippen molar-refractivity contribution in [2.75, 3.05) is 6.54 Å². The number of hydrogen-bond donors (Lipinski definition) is 2. The quantitative estimate of drug-likeness (QED) is 0.661. The van der Waals surface area contributed by atoms with Crippen LogP contribution < -0.4 is 15.8 Å². The molecule has 1 amide bonds. The Hall–Kier alpha value is -2.91. The fourth-order valence-electron chi connectivity index (χ4n) is 2.58. The average Bonchev–Trinajstić information content (AvgIpc) is 2.94. The van der Waals surface area contributed by atoms with Gasteiger partial charge in [-0.2, -0.15) is 0 Å². The molecule has 0 aliphatic carbocycles. The molecule has 3 rings (SSSR count). The van der Waals surface area contributed by atoms with Crippen LogP contribution >= 0.6 is 0 Å². The molecule has 0 radical (unpaired) electrons. The van der Waals surface area contributed by atoms with Crippen molar-refractivity contribution in [1.82, 2.24) is 14.6 Å². The number of nitrogens with zero attached hydrogens (tertiary/aromatic N) is 1. The van der Waals surface area contributed by atoms with Crippen LogP contribution in [0.3, 0.4) is 0 Å². The lowest BCUT2D eigenvalue weighted by Crippen LogP contribution is -2.24. The van der Waals surface area contributed by atoms with Gasteiger partial charge in [0.25, 0.3) is 5.91 Å². The van der Waals surface area contributed by atoms with E-state index in [0.717, 1.165) is 0 Å². The van der Waals surface area contributed by atoms with Crippen LogP contribution in [0.1, 0.15) is 22.8 Å². The van der Waals surface area contributed by atoms with Crippen LogP contribution in [-0.2, 0) is 23.6 Å². The summed E-state index contributed by atoms with van der Waals surface area (Å²) in [6.07, 6.45) is 0. The van der Waals surface area contributed by atoms with E-state index in [4.69, 9.17) is 4.42 Å². The summed E-state index contributed by atoms with van der Waals surface area (Å²) in [6.45, 7) is 2.43. The number of carbonyl (C=O) groups excluding carboxylic acids is 1. The minimum absolute atomic E-state index is 0.00305. The number of amides is 1. The third-order valence-corrected chi connectivity index (χ3v) is 5.49. The summed E-state index contributed by atoms with van der Waals surface area (Å²) >= 11 is 0. The Morgan fingerprint density at radius 1 is 1.15 bits per heavy atom. The van der Waals surface area contributed by atoms with Crippen LogP contribution in [0.2, 0.25) is 0 Å². The Kier molecular flexibility index (Phi) is 5.15. The second kappa shape index (κ2) is 7.37. The van der Waals surface area contributed by atoms with Crippen LogP contribution in [0.25, 0.3) is 11.1 Å². The fraction of sp³-hybridized carbons (Fsp3) is 0.222. The third kappa shape index (κ3) is 3.93. The Morgan fingerprint density at radius 2 is 1.85 bits per heavy atom. The number of aryl methyl sites for hydroxylation is 1. The van der Waals surface area contributed by atoms with Gasteiger partial charge in [0.05, 0.1) is 10.4 Å². The van der Waals surface area contributed by atoms with Gasteiger partial charge in [-0.3, -0.25) is 9.36 Å². The van der Waals surface area contributed by atoms with E-state index in [2.05, 4.69) is 10.0 Å². The van der Waals surface area contributed by atoms with Crippen molar-refractivity contribution < 1.29 is 17.6 Å². The largest absolute Gasteiger partial charge is 0.419 e. The molecule has 0 unspecified atom stereocenters. The van der Waals surface area contributed by atoms with Crippen LogP contribution in [0, 0.1) is 0 Å². The van der Waals surface area contributed by atoms with E-state index in [-0.39, 0.29) is 22.9 Å². The Bertz CT molecular complexity index is 1140. The van der Waals surface area contributed by atoms with Crippen LogP contribution in [0.15, 0.2) is 56.6 Å². The molecular weight excluding hydrogens is 370 g/mol. The van der Waals surface area contributed by atoms with Crippen molar-refractivity contribution in [3.8, 4) is 0 Å². The second-order valence-electron chi connectivity index (χ2n) is 5.94. The maximum absolute atomic E-state index is 12.5. The summed E-state index contributed by atoms with van der Waals surface area (Å²) in [5.74, 6) is -0.734. The maximum Gasteiger partial charge on any atom is 0.419 e. The van der Waals surface area contributed by atoms with E-state index < -0.39 is 15.8 Å². The summed E-state index contributed by atoms with van der Waals surface area (Å²) in [7, 11) is -2.24. The lowest BCUT2D eigenvalue weighted by atomic mass is 10.1. The molecule has 0 saturated heterocycles. The van der Waals surface area contributed by atoms with E-state index in [1.807, 2.05) is 6.92 Å². The SMILES string of the molecule is CCNC(=O)c1ccc(CNS(=O)(=O)c2ccc3c(c2)oc(=O)n3C)cc1. The number of nitrogens with one attached hydrogen (secondary N) is 2. The number of benzene rings is 2. The van der Waals surface area contributed by atoms with E-state index in [1.165, 1.54) is 22.8 Å². The Balaban J connectivity index is 1.75. The molecule has 0 saturated carbocycles. The van der Waals surface area contributed by atoms with Crippen LogP contribution in [-0.4, -0.2) is 25.4 Å². The highest BCUT2D eigenvalue weighted by Gasteiger charge is 2.17. The minimum atomic E-state index is -3.79. The lowest BCUT2D eigenvalue weighted by Gasteiger charge is -2.08. The number of sulfonamides is 1. The van der Waals surface area contributed by atoms with Gasteiger partial charge in [0.15, 0.2) is 5.58 Å². The van der Waals surface area contributed by atoms with Gasteiger partial charge in [-0.05, 0) is 36.8 Å². The predicted octanol–water partition coefficient (Wildman–Crippen LogP) is 1.36. The second-order valence-corrected chi connectivity index (χ2v) is 7.70. The number of oxazole rings is 1. The highest BCUT2D eigenvalue weighted by molar-refractivity contribution is 7.89. The highest BCUT2D eigenvalue weighted by atomic mass is 32.2. The van der Waals surface area contributed by atoms with E-state index in [9.17, 15) is 18.0 Å². The minimum Gasteiger partial charge on any atom is -0.408 e. The summed E-state index contributed by atoms with van der Waals surface area (Å²) in [4.78, 5) is 23.3. The first-order valence-corrected chi connectivity index (χ1v) is 9.76. The van der Waals surface area contributed by atoms with Crippen LogP contribution in [0.5, 0.6) is 0 Å². The van der Waals surface area contributed by atoms with Gasteiger partial charge in [-0.1, -0.05) is 12.1 Å². The summed E-state index contributed by atoms with van der Waals surface area (Å²) in [5.41, 5.74) is 1.93. The first-order valence-electron chi connectivity index (χ1n) is 8.28. The van der Waals surface area contributed by atoms with Crippen molar-refractivity contribution in [2.45, 2.75) is 18.4 Å². The van der Waals surface area contributed by atoms with E-state index in [0.29, 0.717) is 23.2 Å². The predicted molar refractivity (Wildman–Crippen MR) is 99.9 cm³/mol. The molecule has 9 heteroatoms. The van der Waals surface area contributed by atoms with Crippen molar-refractivity contribution in [1.29, 1.82) is 0 Å². The van der Waals surface area contributed by atoms with Gasteiger partial charge < -0.3 is 9.73 Å². The third-order valence-electron chi connectivity index (χ3n) is 4.09. The summed E-state index contributed by atoms with van der Waals surface area (Å²) in [6, 6.07) is 10.9. The van der Waals surface area contributed by atoms with Gasteiger partial charge in [-0.15, -0.1) is 0 Å². The summed E-state index contributed by atoms with van der Waals surface area (Å²) < 4.78 is 33.8. The molecule has 1 aromatic heterocycles. The first kappa shape index (κ1) is 18.9. The van der Waals surface area contributed by atoms with Crippen molar-refractivity contribution in [3.63, 3.8) is 0 Å². The fourth-order valence-corrected chi connectivity index (χ4v) is 3.61. The smallest absolute Gasteiger partial charge is 0.408 e. The lowest BCUT2D eigenvalue weighted by molar-refractivity contribution is 0.0956. The normalized spacial score (nSPS) is 11.6. The first-order chi connectivity index (χ1) is 12.8. The topological polar surface area (TPSA) is 110 Å². The molecule has 0 aliphatic rings. The number of fused-ring (bicyclic) bond motifs is 1. The van der Waals surface area contributed by atoms with Gasteiger partial charge in [0.1, 0.15) is 0 Å². The standard InChI is InChI=1S/C18H19N3O5S/c1-3-19-17(22)13-6-4-12(5-7-13)11-20-27(24,25)14-8-9-15-16(10-14)26-18(23)21(15)2/h4-10,20H,3,11H2,1-2H3,(H,19,22). The molecule has 142 valence electrons. The van der Waals surface area contributed by atoms with Gasteiger partial charge in [0, 0.05) is 31.8 Å². The maximum atomic E-state index is 12.5. The zero-order valence-electron chi connectivity index (χ0n) is 14.9. The number of hydrogen-bond acceptors (Lipinski definition) is 5. The van der Waals surface area contributed by atoms with Crippen molar-refractivity contribution in [2.24, 2.45) is 7.05 Å². The van der Waals surface area contributed by atoms with Gasteiger partial charge >= 0.3 is 5.76 Å². The van der Waals surface area contributed by atoms with E-state index in [1.54, 1.807) is 31.3 Å². The molecule has 1 heterocycles. The van der Waals surface area contributed by atoms with Crippen molar-refractivity contribution in [3.05, 3.63) is 64.1 Å². The van der Waals surface area contributed by atoms with Crippen LogP contribution in [0.4, 0.5) is 0 Å². The molecule has 0 aliphatic heterocycles. The molecule has 2 N–H and O–H groups in total. The molecule has 0 spiro atoms. The van der Waals surface area contributed by atoms with Gasteiger partial charge in [0.2, 0.25) is 10.0 Å². The Morgan fingerprint density at radius 3 is 2.52 bits per heavy atom. The summed E-state index contributed by atoms with van der Waals surface area (Å²) in [5, 5.41) is 2.70. The number of aromatic nitrogens is 1. The molecular formula is C18H19N3O5S. The zero-order valence-corrected chi connectivity index (χ0v) is 15.7. The number of carbonyl (C=O) groups is 1. The average molecular weight is 389 g/mol. The molecule has 8 nitrogen and oxygen atoms in total. The molecule has 0 fully saturated rings. The molecule has 0 atom stereocenters. The number of rotatable bonds is 6. The highest BCUT2D eigenvalue weighted by Crippen LogP contribution is 2.18. The van der Waals surface area contributed by atoms with Gasteiger partial charge in [-0.25, -0.2) is 17.9 Å². The molecule has 2 aromatic carbocycles. The Labute approximate surface area is 155 Å².